The Morgan fingerprint density at radius 1 is 1.15 bits per heavy atom. The molecule has 0 bridgehead atoms. The van der Waals surface area contributed by atoms with Gasteiger partial charge in [-0.15, -0.1) is 5.10 Å². The summed E-state index contributed by atoms with van der Waals surface area (Å²) in [5.41, 5.74) is 3.22. The van der Waals surface area contributed by atoms with Crippen molar-refractivity contribution >= 4 is 5.69 Å². The van der Waals surface area contributed by atoms with Crippen LogP contribution in [-0.4, -0.2) is 21.5 Å². The molecule has 0 aliphatic rings. The molecule has 0 unspecified atom stereocenters. The van der Waals surface area contributed by atoms with Gasteiger partial charge in [-0.25, -0.2) is 0 Å². The van der Waals surface area contributed by atoms with Crippen molar-refractivity contribution in [2.45, 2.75) is 46.1 Å². The van der Waals surface area contributed by atoms with Crippen LogP contribution in [-0.2, 0) is 6.54 Å². The number of rotatable bonds is 8. The first kappa shape index (κ1) is 14.6. The Kier molecular flexibility index (Phi) is 5.59. The monoisotopic (exact) mass is 272 g/mol. The highest BCUT2D eigenvalue weighted by Gasteiger charge is 2.04. The number of hydrogen-bond acceptors (Lipinski definition) is 3. The third kappa shape index (κ3) is 4.08. The number of hydrogen-bond donors (Lipinski definition) is 1. The molecule has 0 amide bonds. The topological polar surface area (TPSA) is 42.7 Å². The lowest BCUT2D eigenvalue weighted by atomic mass is 10.1. The number of benzene rings is 1. The second-order valence-electron chi connectivity index (χ2n) is 5.08. The Hall–Kier alpha value is -1.84. The van der Waals surface area contributed by atoms with E-state index >= 15 is 0 Å². The van der Waals surface area contributed by atoms with E-state index < -0.39 is 0 Å². The van der Waals surface area contributed by atoms with Crippen LogP contribution in [0.2, 0.25) is 0 Å². The van der Waals surface area contributed by atoms with E-state index in [4.69, 9.17) is 0 Å². The van der Waals surface area contributed by atoms with Crippen LogP contribution in [0.25, 0.3) is 11.3 Å². The molecule has 1 aromatic heterocycles. The van der Waals surface area contributed by atoms with Crippen molar-refractivity contribution in [1.29, 1.82) is 0 Å². The molecule has 0 atom stereocenters. The van der Waals surface area contributed by atoms with Gasteiger partial charge in [-0.05, 0) is 25.0 Å². The van der Waals surface area contributed by atoms with Gasteiger partial charge in [0.2, 0.25) is 0 Å². The van der Waals surface area contributed by atoms with E-state index in [1.807, 2.05) is 10.9 Å². The molecule has 20 heavy (non-hydrogen) atoms. The SMILES string of the molecule is CCCCNc1cccc(-c2cn(CCCC)nn2)c1. The van der Waals surface area contributed by atoms with Crippen molar-refractivity contribution in [3.05, 3.63) is 30.5 Å². The lowest BCUT2D eigenvalue weighted by Gasteiger charge is -2.06. The lowest BCUT2D eigenvalue weighted by molar-refractivity contribution is 0.553. The lowest BCUT2D eigenvalue weighted by Crippen LogP contribution is -2.00. The number of nitrogens with zero attached hydrogens (tertiary/aromatic N) is 3. The second kappa shape index (κ2) is 7.68. The normalized spacial score (nSPS) is 10.7. The Morgan fingerprint density at radius 2 is 2.00 bits per heavy atom. The summed E-state index contributed by atoms with van der Waals surface area (Å²) < 4.78 is 1.93. The highest BCUT2D eigenvalue weighted by atomic mass is 15.4. The smallest absolute Gasteiger partial charge is 0.113 e. The number of unbranched alkanes of at least 4 members (excludes halogenated alkanes) is 2. The molecule has 4 nitrogen and oxygen atoms in total. The van der Waals surface area contributed by atoms with Crippen LogP contribution in [0, 0.1) is 0 Å². The first-order valence-corrected chi connectivity index (χ1v) is 7.58. The molecular formula is C16H24N4. The first-order chi connectivity index (χ1) is 9.83. The zero-order valence-corrected chi connectivity index (χ0v) is 12.5. The Labute approximate surface area is 121 Å². The van der Waals surface area contributed by atoms with E-state index in [1.165, 1.54) is 19.3 Å². The summed E-state index contributed by atoms with van der Waals surface area (Å²) in [7, 11) is 0. The molecule has 0 aliphatic heterocycles. The molecule has 0 radical (unpaired) electrons. The first-order valence-electron chi connectivity index (χ1n) is 7.58. The largest absolute Gasteiger partial charge is 0.385 e. The van der Waals surface area contributed by atoms with Gasteiger partial charge < -0.3 is 5.32 Å². The number of aromatic nitrogens is 3. The van der Waals surface area contributed by atoms with Crippen LogP contribution in [0.1, 0.15) is 39.5 Å². The average molecular weight is 272 g/mol. The van der Waals surface area contributed by atoms with Crippen LogP contribution in [0.3, 0.4) is 0 Å². The molecule has 0 saturated heterocycles. The van der Waals surface area contributed by atoms with Crippen LogP contribution in [0.15, 0.2) is 30.5 Å². The van der Waals surface area contributed by atoms with E-state index in [1.54, 1.807) is 0 Å². The second-order valence-corrected chi connectivity index (χ2v) is 5.08. The maximum atomic E-state index is 4.26. The van der Waals surface area contributed by atoms with Crippen molar-refractivity contribution in [3.8, 4) is 11.3 Å². The summed E-state index contributed by atoms with van der Waals surface area (Å²) in [6.45, 7) is 6.34. The molecule has 0 saturated carbocycles. The maximum Gasteiger partial charge on any atom is 0.113 e. The summed E-state index contributed by atoms with van der Waals surface area (Å²) in [6.07, 6.45) is 6.74. The highest BCUT2D eigenvalue weighted by molar-refractivity contribution is 5.64. The summed E-state index contributed by atoms with van der Waals surface area (Å²) in [5.74, 6) is 0. The number of aryl methyl sites for hydroxylation is 1. The zero-order chi connectivity index (χ0) is 14.2. The minimum absolute atomic E-state index is 0.942. The van der Waals surface area contributed by atoms with Gasteiger partial charge in [0.05, 0.1) is 6.20 Å². The van der Waals surface area contributed by atoms with E-state index in [-0.39, 0.29) is 0 Å². The quantitative estimate of drug-likeness (QED) is 0.740. The van der Waals surface area contributed by atoms with Gasteiger partial charge in [-0.3, -0.25) is 4.68 Å². The van der Waals surface area contributed by atoms with Gasteiger partial charge in [-0.1, -0.05) is 44.0 Å². The van der Waals surface area contributed by atoms with Gasteiger partial charge in [0.25, 0.3) is 0 Å². The van der Waals surface area contributed by atoms with Crippen molar-refractivity contribution in [2.24, 2.45) is 0 Å². The van der Waals surface area contributed by atoms with Crippen molar-refractivity contribution in [1.82, 2.24) is 15.0 Å². The molecule has 2 aromatic rings. The van der Waals surface area contributed by atoms with Gasteiger partial charge in [0.1, 0.15) is 5.69 Å². The fraction of sp³-hybridized carbons (Fsp3) is 0.500. The Bertz CT molecular complexity index is 519. The summed E-state index contributed by atoms with van der Waals surface area (Å²) >= 11 is 0. The van der Waals surface area contributed by atoms with Crippen LogP contribution in [0.4, 0.5) is 5.69 Å². The van der Waals surface area contributed by atoms with E-state index in [9.17, 15) is 0 Å². The van der Waals surface area contributed by atoms with E-state index in [0.29, 0.717) is 0 Å². The highest BCUT2D eigenvalue weighted by Crippen LogP contribution is 2.20. The van der Waals surface area contributed by atoms with Crippen molar-refractivity contribution in [3.63, 3.8) is 0 Å². The number of nitrogens with one attached hydrogen (secondary N) is 1. The van der Waals surface area contributed by atoms with Crippen molar-refractivity contribution in [2.75, 3.05) is 11.9 Å². The van der Waals surface area contributed by atoms with Gasteiger partial charge >= 0.3 is 0 Å². The molecule has 0 aliphatic carbocycles. The van der Waals surface area contributed by atoms with Crippen LogP contribution < -0.4 is 5.32 Å². The molecule has 1 heterocycles. The molecule has 108 valence electrons. The number of anilines is 1. The van der Waals surface area contributed by atoms with Gasteiger partial charge in [0.15, 0.2) is 0 Å². The van der Waals surface area contributed by atoms with Crippen LogP contribution >= 0.6 is 0 Å². The van der Waals surface area contributed by atoms with E-state index in [0.717, 1.165) is 36.5 Å². The van der Waals surface area contributed by atoms with E-state index in [2.05, 4.69) is 53.7 Å². The predicted octanol–water partition coefficient (Wildman–Crippen LogP) is 3.96. The summed E-state index contributed by atoms with van der Waals surface area (Å²) in [6, 6.07) is 8.39. The molecule has 4 heteroatoms. The minimum Gasteiger partial charge on any atom is -0.385 e. The Balaban J connectivity index is 2.04. The Morgan fingerprint density at radius 3 is 2.80 bits per heavy atom. The minimum atomic E-state index is 0.942. The molecule has 1 N–H and O–H groups in total. The molecule has 1 aromatic carbocycles. The third-order valence-electron chi connectivity index (χ3n) is 3.30. The molecule has 0 spiro atoms. The molecular weight excluding hydrogens is 248 g/mol. The average Bonchev–Trinajstić information content (AvgIpc) is 2.95. The fourth-order valence-corrected chi connectivity index (χ4v) is 2.06. The zero-order valence-electron chi connectivity index (χ0n) is 12.5. The van der Waals surface area contributed by atoms with Crippen LogP contribution in [0.5, 0.6) is 0 Å². The summed E-state index contributed by atoms with van der Waals surface area (Å²) in [4.78, 5) is 0. The maximum absolute atomic E-state index is 4.26. The van der Waals surface area contributed by atoms with Gasteiger partial charge in [0, 0.05) is 24.3 Å². The molecule has 0 fully saturated rings. The fourth-order valence-electron chi connectivity index (χ4n) is 2.06. The van der Waals surface area contributed by atoms with Crippen molar-refractivity contribution < 1.29 is 0 Å². The summed E-state index contributed by atoms with van der Waals surface area (Å²) in [5, 5.41) is 11.9. The predicted molar refractivity (Wildman–Crippen MR) is 83.8 cm³/mol. The third-order valence-corrected chi connectivity index (χ3v) is 3.30. The van der Waals surface area contributed by atoms with Gasteiger partial charge in [-0.2, -0.15) is 0 Å². The standard InChI is InChI=1S/C16H24N4/c1-3-5-10-17-15-9-7-8-14(12-15)16-13-20(19-18-16)11-6-4-2/h7-9,12-13,17H,3-6,10-11H2,1-2H3. The molecule has 2 rings (SSSR count).